The molecule has 2 N–H and O–H groups in total. The standard InChI is InChI=1S/C12H25N3O3S2/c1-3-4-11(12(13)19)14-5-7-15(8-6-14)20(16,17)10-9-18-2/h11H,3-10H2,1-2H3,(H2,13,19). The fourth-order valence-corrected chi connectivity index (χ4v) is 4.01. The number of hydrogen-bond acceptors (Lipinski definition) is 5. The van der Waals surface area contributed by atoms with E-state index in [1.807, 2.05) is 0 Å². The number of piperazine rings is 1. The van der Waals surface area contributed by atoms with Crippen LogP contribution in [0.15, 0.2) is 0 Å². The zero-order chi connectivity index (χ0) is 15.2. The predicted molar refractivity (Wildman–Crippen MR) is 84.3 cm³/mol. The number of hydrogen-bond donors (Lipinski definition) is 1. The molecule has 0 aromatic rings. The Bertz CT molecular complexity index is 406. The molecule has 1 rings (SSSR count). The van der Waals surface area contributed by atoms with Crippen molar-refractivity contribution in [2.45, 2.75) is 25.8 Å². The van der Waals surface area contributed by atoms with E-state index in [1.165, 1.54) is 11.4 Å². The van der Waals surface area contributed by atoms with Crippen molar-refractivity contribution in [2.24, 2.45) is 5.73 Å². The van der Waals surface area contributed by atoms with Crippen LogP contribution in [-0.4, -0.2) is 74.3 Å². The van der Waals surface area contributed by atoms with Crippen LogP contribution in [0.5, 0.6) is 0 Å². The average molecular weight is 323 g/mol. The van der Waals surface area contributed by atoms with Crippen LogP contribution in [0.2, 0.25) is 0 Å². The molecule has 6 nitrogen and oxygen atoms in total. The van der Waals surface area contributed by atoms with Crippen LogP contribution in [0.3, 0.4) is 0 Å². The molecule has 1 aliphatic rings. The summed E-state index contributed by atoms with van der Waals surface area (Å²) in [7, 11) is -1.70. The van der Waals surface area contributed by atoms with E-state index >= 15 is 0 Å². The zero-order valence-electron chi connectivity index (χ0n) is 12.2. The maximum absolute atomic E-state index is 12.1. The lowest BCUT2D eigenvalue weighted by Crippen LogP contribution is -2.55. The Morgan fingerprint density at radius 1 is 1.35 bits per heavy atom. The Morgan fingerprint density at radius 2 is 1.95 bits per heavy atom. The van der Waals surface area contributed by atoms with Gasteiger partial charge in [0.25, 0.3) is 0 Å². The van der Waals surface area contributed by atoms with Gasteiger partial charge in [0, 0.05) is 33.3 Å². The van der Waals surface area contributed by atoms with Crippen molar-refractivity contribution in [3.8, 4) is 0 Å². The molecule has 0 bridgehead atoms. The summed E-state index contributed by atoms with van der Waals surface area (Å²) in [6, 6.07) is 0.0822. The Kier molecular flexibility index (Phi) is 7.32. The first kappa shape index (κ1) is 17.8. The maximum Gasteiger partial charge on any atom is 0.216 e. The van der Waals surface area contributed by atoms with Gasteiger partial charge in [0.05, 0.1) is 23.4 Å². The number of nitrogens with two attached hydrogens (primary N) is 1. The molecule has 0 aliphatic carbocycles. The number of methoxy groups -OCH3 is 1. The lowest BCUT2D eigenvalue weighted by atomic mass is 10.1. The van der Waals surface area contributed by atoms with Crippen LogP contribution < -0.4 is 5.73 Å². The molecule has 1 aliphatic heterocycles. The first-order valence-corrected chi connectivity index (χ1v) is 8.94. The van der Waals surface area contributed by atoms with Gasteiger partial charge in [-0.2, -0.15) is 4.31 Å². The smallest absolute Gasteiger partial charge is 0.216 e. The molecule has 1 heterocycles. The van der Waals surface area contributed by atoms with Crippen molar-refractivity contribution in [2.75, 3.05) is 45.6 Å². The highest BCUT2D eigenvalue weighted by atomic mass is 32.2. The second-order valence-corrected chi connectivity index (χ2v) is 7.51. The third-order valence-electron chi connectivity index (χ3n) is 3.54. The maximum atomic E-state index is 12.1. The van der Waals surface area contributed by atoms with Gasteiger partial charge in [-0.15, -0.1) is 0 Å². The van der Waals surface area contributed by atoms with Gasteiger partial charge in [0.15, 0.2) is 0 Å². The molecule has 1 atom stereocenters. The highest BCUT2D eigenvalue weighted by molar-refractivity contribution is 7.89. The molecule has 0 radical (unpaired) electrons. The normalized spacial score (nSPS) is 19.9. The summed E-state index contributed by atoms with van der Waals surface area (Å²) in [6.45, 7) is 4.66. The highest BCUT2D eigenvalue weighted by Crippen LogP contribution is 2.14. The largest absolute Gasteiger partial charge is 0.392 e. The topological polar surface area (TPSA) is 75.9 Å². The van der Waals surface area contributed by atoms with E-state index in [-0.39, 0.29) is 18.4 Å². The summed E-state index contributed by atoms with van der Waals surface area (Å²) in [5.41, 5.74) is 5.78. The van der Waals surface area contributed by atoms with E-state index in [0.29, 0.717) is 31.2 Å². The van der Waals surface area contributed by atoms with Crippen molar-refractivity contribution < 1.29 is 13.2 Å². The summed E-state index contributed by atoms with van der Waals surface area (Å²) >= 11 is 5.11. The van der Waals surface area contributed by atoms with Crippen LogP contribution in [0.25, 0.3) is 0 Å². The summed E-state index contributed by atoms with van der Waals surface area (Å²) in [5, 5.41) is 0. The lowest BCUT2D eigenvalue weighted by Gasteiger charge is -2.38. The Hall–Kier alpha value is -0.280. The van der Waals surface area contributed by atoms with E-state index in [9.17, 15) is 8.42 Å². The lowest BCUT2D eigenvalue weighted by molar-refractivity contribution is 0.160. The Morgan fingerprint density at radius 3 is 2.40 bits per heavy atom. The molecule has 118 valence electrons. The molecule has 0 saturated carbocycles. The van der Waals surface area contributed by atoms with Crippen LogP contribution in [0, 0.1) is 0 Å². The van der Waals surface area contributed by atoms with Gasteiger partial charge in [0.2, 0.25) is 10.0 Å². The minimum Gasteiger partial charge on any atom is -0.392 e. The molecule has 0 aromatic heterocycles. The third kappa shape index (κ3) is 4.92. The summed E-state index contributed by atoms with van der Waals surface area (Å²) in [5.74, 6) is 0.0389. The highest BCUT2D eigenvalue weighted by Gasteiger charge is 2.30. The molecule has 0 aromatic carbocycles. The van der Waals surface area contributed by atoms with Crippen LogP contribution in [-0.2, 0) is 14.8 Å². The quantitative estimate of drug-likeness (QED) is 0.636. The number of sulfonamides is 1. The molecule has 1 saturated heterocycles. The van der Waals surface area contributed by atoms with Crippen molar-refractivity contribution in [3.05, 3.63) is 0 Å². The van der Waals surface area contributed by atoms with Crippen molar-refractivity contribution in [1.29, 1.82) is 0 Å². The molecule has 1 fully saturated rings. The molecule has 8 heteroatoms. The predicted octanol–water partition coefficient (Wildman–Crippen LogP) is 0.0350. The molecular weight excluding hydrogens is 298 g/mol. The molecule has 20 heavy (non-hydrogen) atoms. The number of thiocarbonyl (C=S) groups is 1. The average Bonchev–Trinajstić information content (AvgIpc) is 2.42. The van der Waals surface area contributed by atoms with E-state index in [2.05, 4.69) is 11.8 Å². The Balaban J connectivity index is 2.56. The minimum absolute atomic E-state index is 0.0389. The zero-order valence-corrected chi connectivity index (χ0v) is 13.9. The molecule has 0 amide bonds. The van der Waals surface area contributed by atoms with E-state index < -0.39 is 10.0 Å². The van der Waals surface area contributed by atoms with Gasteiger partial charge < -0.3 is 10.5 Å². The van der Waals surface area contributed by atoms with Gasteiger partial charge >= 0.3 is 0 Å². The van der Waals surface area contributed by atoms with Gasteiger partial charge in [-0.3, -0.25) is 4.90 Å². The SMILES string of the molecule is CCCC(C(N)=S)N1CCN(S(=O)(=O)CCOC)CC1. The summed E-state index contributed by atoms with van der Waals surface area (Å²) < 4.78 is 30.5. The van der Waals surface area contributed by atoms with E-state index in [1.54, 1.807) is 0 Å². The van der Waals surface area contributed by atoms with E-state index in [4.69, 9.17) is 22.7 Å². The van der Waals surface area contributed by atoms with Crippen LogP contribution >= 0.6 is 12.2 Å². The fourth-order valence-electron chi connectivity index (χ4n) is 2.39. The van der Waals surface area contributed by atoms with Gasteiger partial charge in [0.1, 0.15) is 0 Å². The van der Waals surface area contributed by atoms with Crippen molar-refractivity contribution in [3.63, 3.8) is 0 Å². The molecule has 1 unspecified atom stereocenters. The minimum atomic E-state index is -3.21. The number of nitrogens with zero attached hydrogens (tertiary/aromatic N) is 2. The first-order chi connectivity index (χ1) is 9.42. The first-order valence-electron chi connectivity index (χ1n) is 6.92. The van der Waals surface area contributed by atoms with Gasteiger partial charge in [-0.1, -0.05) is 25.6 Å². The van der Waals surface area contributed by atoms with E-state index in [0.717, 1.165) is 12.8 Å². The van der Waals surface area contributed by atoms with Crippen molar-refractivity contribution >= 4 is 27.2 Å². The number of rotatable bonds is 8. The van der Waals surface area contributed by atoms with Gasteiger partial charge in [-0.05, 0) is 6.42 Å². The molecular formula is C12H25N3O3S2. The monoisotopic (exact) mass is 323 g/mol. The second kappa shape index (κ2) is 8.23. The third-order valence-corrected chi connectivity index (χ3v) is 5.65. The summed E-state index contributed by atoms with van der Waals surface area (Å²) in [4.78, 5) is 2.69. The summed E-state index contributed by atoms with van der Waals surface area (Å²) in [6.07, 6.45) is 1.93. The molecule has 0 spiro atoms. The number of ether oxygens (including phenoxy) is 1. The van der Waals surface area contributed by atoms with Crippen LogP contribution in [0.4, 0.5) is 0 Å². The fraction of sp³-hybridized carbons (Fsp3) is 0.917. The second-order valence-electron chi connectivity index (χ2n) is 4.95. The Labute approximate surface area is 127 Å². The van der Waals surface area contributed by atoms with Crippen LogP contribution in [0.1, 0.15) is 19.8 Å². The van der Waals surface area contributed by atoms with Gasteiger partial charge in [-0.25, -0.2) is 8.42 Å². The van der Waals surface area contributed by atoms with Crippen molar-refractivity contribution in [1.82, 2.24) is 9.21 Å².